The number of hydrogen-bond acceptors (Lipinski definition) is 4. The van der Waals surface area contributed by atoms with Gasteiger partial charge in [-0.1, -0.05) is 26.0 Å². The van der Waals surface area contributed by atoms with Gasteiger partial charge in [0, 0.05) is 30.5 Å². The minimum absolute atomic E-state index is 0.411. The zero-order valence-corrected chi connectivity index (χ0v) is 12.1. The van der Waals surface area contributed by atoms with E-state index in [-0.39, 0.29) is 0 Å². The molecule has 2 aromatic rings. The fraction of sp³-hybridized carbons (Fsp3) is 0.312. The fourth-order valence-electron chi connectivity index (χ4n) is 1.78. The van der Waals surface area contributed by atoms with Crippen LogP contribution < -0.4 is 14.8 Å². The molecule has 0 fully saturated rings. The summed E-state index contributed by atoms with van der Waals surface area (Å²) >= 11 is 0. The van der Waals surface area contributed by atoms with Crippen LogP contribution in [0.15, 0.2) is 42.7 Å². The van der Waals surface area contributed by atoms with Crippen molar-refractivity contribution in [1.29, 1.82) is 0 Å². The molecule has 0 atom stereocenters. The summed E-state index contributed by atoms with van der Waals surface area (Å²) in [5, 5.41) is 3.37. The van der Waals surface area contributed by atoms with Crippen LogP contribution in [0.3, 0.4) is 0 Å². The van der Waals surface area contributed by atoms with Crippen LogP contribution in [-0.4, -0.2) is 18.1 Å². The van der Waals surface area contributed by atoms with Crippen LogP contribution in [0, 0.1) is 0 Å². The van der Waals surface area contributed by atoms with Crippen molar-refractivity contribution in [2.75, 3.05) is 7.11 Å². The third-order valence-corrected chi connectivity index (χ3v) is 2.85. The molecule has 4 heteroatoms. The molecule has 0 unspecified atom stereocenters. The molecule has 0 aliphatic heterocycles. The number of rotatable bonds is 6. The fourth-order valence-corrected chi connectivity index (χ4v) is 1.78. The molecule has 1 heterocycles. The van der Waals surface area contributed by atoms with E-state index in [0.29, 0.717) is 17.5 Å². The molecule has 2 rings (SSSR count). The zero-order valence-electron chi connectivity index (χ0n) is 12.1. The van der Waals surface area contributed by atoms with Crippen molar-refractivity contribution < 1.29 is 9.47 Å². The quantitative estimate of drug-likeness (QED) is 0.875. The average molecular weight is 272 g/mol. The number of hydrogen-bond donors (Lipinski definition) is 1. The van der Waals surface area contributed by atoms with Gasteiger partial charge in [0.25, 0.3) is 0 Å². The predicted molar refractivity (Wildman–Crippen MR) is 79.3 cm³/mol. The van der Waals surface area contributed by atoms with Crippen LogP contribution in [-0.2, 0) is 6.54 Å². The van der Waals surface area contributed by atoms with E-state index in [1.54, 1.807) is 13.3 Å². The minimum atomic E-state index is 0.411. The number of aromatic nitrogens is 1. The van der Waals surface area contributed by atoms with E-state index >= 15 is 0 Å². The molecule has 0 saturated carbocycles. The predicted octanol–water partition coefficient (Wildman–Crippen LogP) is 3.38. The van der Waals surface area contributed by atoms with Crippen LogP contribution in [0.4, 0.5) is 0 Å². The van der Waals surface area contributed by atoms with Crippen LogP contribution in [0.5, 0.6) is 17.2 Å². The summed E-state index contributed by atoms with van der Waals surface area (Å²) < 4.78 is 11.3. The Kier molecular flexibility index (Phi) is 4.96. The van der Waals surface area contributed by atoms with E-state index in [2.05, 4.69) is 24.1 Å². The second kappa shape index (κ2) is 6.91. The van der Waals surface area contributed by atoms with Gasteiger partial charge in [-0.2, -0.15) is 0 Å². The molecule has 0 bridgehead atoms. The highest BCUT2D eigenvalue weighted by Crippen LogP contribution is 2.32. The number of para-hydroxylation sites is 2. The lowest BCUT2D eigenvalue weighted by atomic mass is 10.2. The van der Waals surface area contributed by atoms with Crippen LogP contribution in [0.2, 0.25) is 0 Å². The number of ether oxygens (including phenoxy) is 2. The second-order valence-electron chi connectivity index (χ2n) is 4.77. The van der Waals surface area contributed by atoms with Gasteiger partial charge in [0.05, 0.1) is 7.11 Å². The van der Waals surface area contributed by atoms with Gasteiger partial charge >= 0.3 is 0 Å². The molecule has 0 spiro atoms. The lowest BCUT2D eigenvalue weighted by Crippen LogP contribution is -2.22. The van der Waals surface area contributed by atoms with E-state index in [1.165, 1.54) is 0 Å². The van der Waals surface area contributed by atoms with E-state index in [9.17, 15) is 0 Å². The highest BCUT2D eigenvalue weighted by Gasteiger charge is 2.08. The maximum absolute atomic E-state index is 5.96. The summed E-state index contributed by atoms with van der Waals surface area (Å²) in [7, 11) is 1.63. The van der Waals surface area contributed by atoms with Gasteiger partial charge in [-0.05, 0) is 18.2 Å². The van der Waals surface area contributed by atoms with E-state index in [1.807, 2.05) is 36.5 Å². The van der Waals surface area contributed by atoms with Crippen molar-refractivity contribution in [3.63, 3.8) is 0 Å². The Balaban J connectivity index is 2.20. The van der Waals surface area contributed by atoms with E-state index < -0.39 is 0 Å². The van der Waals surface area contributed by atoms with Gasteiger partial charge < -0.3 is 14.8 Å². The molecule has 20 heavy (non-hydrogen) atoms. The molecule has 0 saturated heterocycles. The van der Waals surface area contributed by atoms with Gasteiger partial charge in [0.1, 0.15) is 5.75 Å². The average Bonchev–Trinajstić information content (AvgIpc) is 2.47. The highest BCUT2D eigenvalue weighted by molar-refractivity contribution is 5.44. The van der Waals surface area contributed by atoms with Gasteiger partial charge in [-0.15, -0.1) is 0 Å². The molecule has 0 aliphatic carbocycles. The summed E-state index contributed by atoms with van der Waals surface area (Å²) in [6, 6.07) is 9.88. The lowest BCUT2D eigenvalue weighted by Gasteiger charge is -2.14. The van der Waals surface area contributed by atoms with Crippen molar-refractivity contribution in [3.05, 3.63) is 48.3 Å². The Morgan fingerprint density at radius 3 is 2.55 bits per heavy atom. The molecule has 4 nitrogen and oxygen atoms in total. The summed E-state index contributed by atoms with van der Waals surface area (Å²) in [6.07, 6.45) is 3.55. The van der Waals surface area contributed by atoms with Crippen LogP contribution in [0.25, 0.3) is 0 Å². The van der Waals surface area contributed by atoms with Crippen LogP contribution in [0.1, 0.15) is 19.4 Å². The topological polar surface area (TPSA) is 43.4 Å². The Bertz CT molecular complexity index is 556. The first-order valence-electron chi connectivity index (χ1n) is 6.68. The molecule has 0 aliphatic rings. The normalized spacial score (nSPS) is 10.6. The Labute approximate surface area is 119 Å². The summed E-state index contributed by atoms with van der Waals surface area (Å²) in [5.41, 5.74) is 1.02. The van der Waals surface area contributed by atoms with Gasteiger partial charge in [-0.25, -0.2) is 0 Å². The third kappa shape index (κ3) is 3.71. The monoisotopic (exact) mass is 272 g/mol. The molecule has 1 aromatic carbocycles. The maximum Gasteiger partial charge on any atom is 0.169 e. The minimum Gasteiger partial charge on any atom is -0.493 e. The number of pyridine rings is 1. The molecular formula is C16H20N2O2. The molecule has 106 valence electrons. The number of methoxy groups -OCH3 is 1. The zero-order chi connectivity index (χ0) is 14.4. The molecule has 1 N–H and O–H groups in total. The van der Waals surface area contributed by atoms with Crippen molar-refractivity contribution in [2.45, 2.75) is 26.4 Å². The Morgan fingerprint density at radius 1 is 1.10 bits per heavy atom. The van der Waals surface area contributed by atoms with Crippen molar-refractivity contribution >= 4 is 0 Å². The maximum atomic E-state index is 5.96. The largest absolute Gasteiger partial charge is 0.493 e. The molecule has 0 amide bonds. The third-order valence-electron chi connectivity index (χ3n) is 2.85. The van der Waals surface area contributed by atoms with Gasteiger partial charge in [-0.3, -0.25) is 4.98 Å². The first kappa shape index (κ1) is 14.3. The van der Waals surface area contributed by atoms with Crippen molar-refractivity contribution in [1.82, 2.24) is 10.3 Å². The van der Waals surface area contributed by atoms with Crippen molar-refractivity contribution in [2.24, 2.45) is 0 Å². The number of nitrogens with one attached hydrogen (secondary N) is 1. The first-order valence-corrected chi connectivity index (χ1v) is 6.68. The highest BCUT2D eigenvalue weighted by atomic mass is 16.5. The van der Waals surface area contributed by atoms with Gasteiger partial charge in [0.2, 0.25) is 0 Å². The van der Waals surface area contributed by atoms with Crippen molar-refractivity contribution in [3.8, 4) is 17.2 Å². The molecule has 1 aromatic heterocycles. The number of nitrogens with zero attached hydrogens (tertiary/aromatic N) is 1. The number of benzene rings is 1. The molecule has 0 radical (unpaired) electrons. The molecular weight excluding hydrogens is 252 g/mol. The first-order chi connectivity index (χ1) is 9.70. The lowest BCUT2D eigenvalue weighted by molar-refractivity contribution is 0.376. The van der Waals surface area contributed by atoms with E-state index in [4.69, 9.17) is 9.47 Å². The van der Waals surface area contributed by atoms with Gasteiger partial charge in [0.15, 0.2) is 11.5 Å². The Hall–Kier alpha value is -2.07. The van der Waals surface area contributed by atoms with Crippen LogP contribution >= 0.6 is 0 Å². The summed E-state index contributed by atoms with van der Waals surface area (Å²) in [6.45, 7) is 4.93. The smallest absolute Gasteiger partial charge is 0.169 e. The SMILES string of the molecule is COc1ccccc1Oc1ccncc1CNC(C)C. The van der Waals surface area contributed by atoms with E-state index in [0.717, 1.165) is 17.9 Å². The summed E-state index contributed by atoms with van der Waals surface area (Å²) in [5.74, 6) is 2.21. The standard InChI is InChI=1S/C16H20N2O2/c1-12(2)18-11-13-10-17-9-8-14(13)20-16-7-5-4-6-15(16)19-3/h4-10,12,18H,11H2,1-3H3. The Morgan fingerprint density at radius 2 is 1.85 bits per heavy atom. The second-order valence-corrected chi connectivity index (χ2v) is 4.77. The summed E-state index contributed by atoms with van der Waals surface area (Å²) in [4.78, 5) is 4.16.